The van der Waals surface area contributed by atoms with E-state index in [9.17, 15) is 15.0 Å². The van der Waals surface area contributed by atoms with Gasteiger partial charge in [-0.25, -0.2) is 0 Å². The molecule has 0 bridgehead atoms. The van der Waals surface area contributed by atoms with Crippen molar-refractivity contribution in [3.05, 3.63) is 23.8 Å². The molecule has 1 aromatic rings. The normalized spacial score (nSPS) is 16.6. The molecule has 1 heterocycles. The number of carbonyl (C=O) groups is 1. The first-order valence-corrected chi connectivity index (χ1v) is 5.70. The molecule has 0 spiro atoms. The van der Waals surface area contributed by atoms with Crippen molar-refractivity contribution in [1.29, 1.82) is 0 Å². The fourth-order valence-corrected chi connectivity index (χ4v) is 1.95. The molecule has 1 fully saturated rings. The van der Waals surface area contributed by atoms with E-state index in [4.69, 9.17) is 0 Å². The standard InChI is InChI=1S/C12H16N2O3/c15-10-6-9(7-11(16)8-10)12(17)14-4-1-2-13-3-5-14/h6-8,13,15-16H,1-5H2. The van der Waals surface area contributed by atoms with Crippen LogP contribution in [0.1, 0.15) is 16.8 Å². The number of hydrogen-bond donors (Lipinski definition) is 3. The van der Waals surface area contributed by atoms with Gasteiger partial charge >= 0.3 is 0 Å². The lowest BCUT2D eigenvalue weighted by Crippen LogP contribution is -2.34. The fraction of sp³-hybridized carbons (Fsp3) is 0.417. The number of rotatable bonds is 1. The highest BCUT2D eigenvalue weighted by Gasteiger charge is 2.18. The smallest absolute Gasteiger partial charge is 0.254 e. The van der Waals surface area contributed by atoms with E-state index in [1.54, 1.807) is 4.90 Å². The number of hydrogen-bond acceptors (Lipinski definition) is 4. The van der Waals surface area contributed by atoms with Crippen molar-refractivity contribution >= 4 is 5.91 Å². The van der Waals surface area contributed by atoms with E-state index in [1.165, 1.54) is 18.2 Å². The lowest BCUT2D eigenvalue weighted by atomic mass is 10.1. The Morgan fingerprint density at radius 1 is 1.12 bits per heavy atom. The van der Waals surface area contributed by atoms with Gasteiger partial charge in [-0.05, 0) is 25.1 Å². The van der Waals surface area contributed by atoms with Crippen molar-refractivity contribution in [2.75, 3.05) is 26.2 Å². The quantitative estimate of drug-likeness (QED) is 0.665. The summed E-state index contributed by atoms with van der Waals surface area (Å²) in [7, 11) is 0. The molecular weight excluding hydrogens is 220 g/mol. The van der Waals surface area contributed by atoms with E-state index in [-0.39, 0.29) is 17.4 Å². The number of nitrogens with one attached hydrogen (secondary N) is 1. The highest BCUT2D eigenvalue weighted by Crippen LogP contribution is 2.21. The van der Waals surface area contributed by atoms with Gasteiger partial charge in [-0.1, -0.05) is 0 Å². The Labute approximate surface area is 99.7 Å². The molecule has 1 aromatic carbocycles. The Morgan fingerprint density at radius 3 is 2.53 bits per heavy atom. The topological polar surface area (TPSA) is 72.8 Å². The summed E-state index contributed by atoms with van der Waals surface area (Å²) in [6.07, 6.45) is 0.913. The largest absolute Gasteiger partial charge is 0.508 e. The molecule has 0 atom stereocenters. The maximum Gasteiger partial charge on any atom is 0.254 e. The Morgan fingerprint density at radius 2 is 1.82 bits per heavy atom. The van der Waals surface area contributed by atoms with Crippen LogP contribution in [0, 0.1) is 0 Å². The second kappa shape index (κ2) is 5.05. The number of nitrogens with zero attached hydrogens (tertiary/aromatic N) is 1. The Bertz CT molecular complexity index is 392. The minimum Gasteiger partial charge on any atom is -0.508 e. The van der Waals surface area contributed by atoms with Crippen molar-refractivity contribution in [3.63, 3.8) is 0 Å². The third-order valence-electron chi connectivity index (χ3n) is 2.78. The summed E-state index contributed by atoms with van der Waals surface area (Å²) in [5, 5.41) is 21.9. The van der Waals surface area contributed by atoms with Gasteiger partial charge in [-0.3, -0.25) is 4.79 Å². The van der Waals surface area contributed by atoms with Crippen molar-refractivity contribution in [3.8, 4) is 11.5 Å². The van der Waals surface area contributed by atoms with Crippen LogP contribution in [0.5, 0.6) is 11.5 Å². The lowest BCUT2D eigenvalue weighted by Gasteiger charge is -2.20. The van der Waals surface area contributed by atoms with E-state index in [1.807, 2.05) is 0 Å². The molecule has 1 saturated heterocycles. The number of phenolic OH excluding ortho intramolecular Hbond substituents is 2. The Hall–Kier alpha value is -1.75. The second-order valence-electron chi connectivity index (χ2n) is 4.13. The predicted octanol–water partition coefficient (Wildman–Crippen LogP) is 0.533. The van der Waals surface area contributed by atoms with Crippen molar-refractivity contribution < 1.29 is 15.0 Å². The zero-order valence-corrected chi connectivity index (χ0v) is 9.52. The van der Waals surface area contributed by atoms with Gasteiger partial charge in [-0.15, -0.1) is 0 Å². The predicted molar refractivity (Wildman–Crippen MR) is 63.2 cm³/mol. The molecule has 0 radical (unpaired) electrons. The first-order chi connectivity index (χ1) is 8.16. The van der Waals surface area contributed by atoms with Crippen LogP contribution in [0.15, 0.2) is 18.2 Å². The molecular formula is C12H16N2O3. The summed E-state index contributed by atoms with van der Waals surface area (Å²) in [6.45, 7) is 3.03. The van der Waals surface area contributed by atoms with Gasteiger partial charge in [0.25, 0.3) is 5.91 Å². The molecule has 2 rings (SSSR count). The first-order valence-electron chi connectivity index (χ1n) is 5.70. The van der Waals surface area contributed by atoms with Gasteiger partial charge in [0.05, 0.1) is 0 Å². The first kappa shape index (κ1) is 11.7. The number of phenols is 2. The molecule has 92 valence electrons. The van der Waals surface area contributed by atoms with Crippen LogP contribution in [0.3, 0.4) is 0 Å². The third kappa shape index (κ3) is 2.88. The van der Waals surface area contributed by atoms with Gasteiger partial charge in [0.15, 0.2) is 0 Å². The van der Waals surface area contributed by atoms with Crippen molar-refractivity contribution in [2.24, 2.45) is 0 Å². The van der Waals surface area contributed by atoms with E-state index in [0.717, 1.165) is 19.5 Å². The van der Waals surface area contributed by atoms with Crippen molar-refractivity contribution in [1.82, 2.24) is 10.2 Å². The summed E-state index contributed by atoms with van der Waals surface area (Å²) in [6, 6.07) is 3.96. The highest BCUT2D eigenvalue weighted by molar-refractivity contribution is 5.95. The number of aromatic hydroxyl groups is 2. The van der Waals surface area contributed by atoms with Gasteiger partial charge in [0.1, 0.15) is 11.5 Å². The molecule has 5 nitrogen and oxygen atoms in total. The highest BCUT2D eigenvalue weighted by atomic mass is 16.3. The monoisotopic (exact) mass is 236 g/mol. The Kier molecular flexibility index (Phi) is 3.49. The number of amides is 1. The van der Waals surface area contributed by atoms with Crippen LogP contribution in [0.2, 0.25) is 0 Å². The number of carbonyl (C=O) groups excluding carboxylic acids is 1. The maximum absolute atomic E-state index is 12.1. The average Bonchev–Trinajstić information content (AvgIpc) is 2.55. The average molecular weight is 236 g/mol. The van der Waals surface area contributed by atoms with Crippen LogP contribution in [-0.2, 0) is 0 Å². The maximum atomic E-state index is 12.1. The lowest BCUT2D eigenvalue weighted by molar-refractivity contribution is 0.0765. The van der Waals surface area contributed by atoms with E-state index < -0.39 is 0 Å². The Balaban J connectivity index is 2.17. The van der Waals surface area contributed by atoms with Crippen LogP contribution < -0.4 is 5.32 Å². The van der Waals surface area contributed by atoms with Crippen LogP contribution in [0.25, 0.3) is 0 Å². The minimum atomic E-state index is -0.153. The minimum absolute atomic E-state index is 0.0960. The van der Waals surface area contributed by atoms with E-state index >= 15 is 0 Å². The molecule has 0 saturated carbocycles. The summed E-state index contributed by atoms with van der Waals surface area (Å²) in [5.41, 5.74) is 0.324. The molecule has 3 N–H and O–H groups in total. The molecule has 17 heavy (non-hydrogen) atoms. The molecule has 0 aromatic heterocycles. The molecule has 1 aliphatic rings. The van der Waals surface area contributed by atoms with E-state index in [2.05, 4.69) is 5.32 Å². The van der Waals surface area contributed by atoms with Gasteiger partial charge < -0.3 is 20.4 Å². The van der Waals surface area contributed by atoms with Gasteiger partial charge in [0.2, 0.25) is 0 Å². The summed E-state index contributed by atoms with van der Waals surface area (Å²) >= 11 is 0. The molecule has 0 aliphatic carbocycles. The van der Waals surface area contributed by atoms with Crippen LogP contribution in [0.4, 0.5) is 0 Å². The van der Waals surface area contributed by atoms with Crippen molar-refractivity contribution in [2.45, 2.75) is 6.42 Å². The van der Waals surface area contributed by atoms with Crippen LogP contribution in [-0.4, -0.2) is 47.2 Å². The molecule has 0 unspecified atom stereocenters. The van der Waals surface area contributed by atoms with Crippen LogP contribution >= 0.6 is 0 Å². The van der Waals surface area contributed by atoms with Gasteiger partial charge in [-0.2, -0.15) is 0 Å². The zero-order chi connectivity index (χ0) is 12.3. The van der Waals surface area contributed by atoms with E-state index in [0.29, 0.717) is 18.7 Å². The second-order valence-corrected chi connectivity index (χ2v) is 4.13. The molecule has 5 heteroatoms. The summed E-state index contributed by atoms with van der Waals surface area (Å²) < 4.78 is 0. The number of benzene rings is 1. The molecule has 1 aliphatic heterocycles. The third-order valence-corrected chi connectivity index (χ3v) is 2.78. The van der Waals surface area contributed by atoms with Gasteiger partial charge in [0, 0.05) is 31.3 Å². The SMILES string of the molecule is O=C(c1cc(O)cc(O)c1)N1CCCNCC1. The zero-order valence-electron chi connectivity index (χ0n) is 9.52. The summed E-state index contributed by atoms with van der Waals surface area (Å²) in [4.78, 5) is 13.9. The summed E-state index contributed by atoms with van der Waals surface area (Å²) in [5.74, 6) is -0.345. The fourth-order valence-electron chi connectivity index (χ4n) is 1.95. The molecule has 1 amide bonds.